The fraction of sp³-hybridized carbons (Fsp3) is 0.217. The van der Waals surface area contributed by atoms with Gasteiger partial charge in [-0.1, -0.05) is 54.6 Å². The summed E-state index contributed by atoms with van der Waals surface area (Å²) < 4.78 is 0. The van der Waals surface area contributed by atoms with Gasteiger partial charge in [-0.25, -0.2) is 9.78 Å². The SMILES string of the molecule is OCC1COOC1C(O)c1cccc2ccc3cc4ccccc4cc3c12. The van der Waals surface area contributed by atoms with E-state index in [0.29, 0.717) is 0 Å². The molecule has 0 saturated carbocycles. The maximum absolute atomic E-state index is 11.1. The quantitative estimate of drug-likeness (QED) is 0.328. The van der Waals surface area contributed by atoms with E-state index in [1.54, 1.807) is 0 Å². The van der Waals surface area contributed by atoms with Crippen molar-refractivity contribution in [3.8, 4) is 0 Å². The second-order valence-corrected chi connectivity index (χ2v) is 7.16. The molecule has 0 aliphatic carbocycles. The van der Waals surface area contributed by atoms with Crippen LogP contribution in [0.5, 0.6) is 0 Å². The topological polar surface area (TPSA) is 58.9 Å². The van der Waals surface area contributed by atoms with Gasteiger partial charge in [0, 0.05) is 5.92 Å². The molecule has 4 nitrogen and oxygen atoms in total. The molecule has 4 aromatic rings. The van der Waals surface area contributed by atoms with Crippen LogP contribution in [0.25, 0.3) is 32.3 Å². The van der Waals surface area contributed by atoms with Gasteiger partial charge in [0.15, 0.2) is 0 Å². The number of benzene rings is 4. The fourth-order valence-corrected chi connectivity index (χ4v) is 4.10. The second-order valence-electron chi connectivity index (χ2n) is 7.16. The first kappa shape index (κ1) is 16.7. The average Bonchev–Trinajstić information content (AvgIpc) is 3.20. The molecule has 0 aromatic heterocycles. The van der Waals surface area contributed by atoms with Crippen LogP contribution in [-0.4, -0.2) is 29.5 Å². The van der Waals surface area contributed by atoms with E-state index in [9.17, 15) is 10.2 Å². The Morgan fingerprint density at radius 3 is 2.44 bits per heavy atom. The number of hydrogen-bond donors (Lipinski definition) is 2. The number of aliphatic hydroxyl groups is 2. The Morgan fingerprint density at radius 2 is 1.63 bits per heavy atom. The van der Waals surface area contributed by atoms with Crippen molar-refractivity contribution in [1.82, 2.24) is 0 Å². The Kier molecular flexibility index (Phi) is 4.06. The van der Waals surface area contributed by atoms with Crippen LogP contribution < -0.4 is 0 Å². The van der Waals surface area contributed by atoms with E-state index in [1.807, 2.05) is 24.3 Å². The number of aliphatic hydroxyl groups excluding tert-OH is 2. The number of rotatable bonds is 3. The van der Waals surface area contributed by atoms with Crippen LogP contribution in [-0.2, 0) is 9.78 Å². The first-order chi connectivity index (χ1) is 13.3. The van der Waals surface area contributed by atoms with Gasteiger partial charge in [-0.3, -0.25) is 0 Å². The fourth-order valence-electron chi connectivity index (χ4n) is 4.10. The van der Waals surface area contributed by atoms with Crippen LogP contribution in [0.1, 0.15) is 11.7 Å². The minimum Gasteiger partial charge on any atom is -0.396 e. The standard InChI is InChI=1S/C23H20O4/c24-12-18-13-26-27-23(18)22(25)19-7-3-6-14-8-9-17-10-15-4-1-2-5-16(15)11-20(17)21(14)19/h1-11,18,22-25H,12-13H2. The molecule has 0 amide bonds. The van der Waals surface area contributed by atoms with Gasteiger partial charge >= 0.3 is 0 Å². The van der Waals surface area contributed by atoms with Crippen LogP contribution in [0.15, 0.2) is 66.7 Å². The maximum atomic E-state index is 11.1. The summed E-state index contributed by atoms with van der Waals surface area (Å²) in [6.07, 6.45) is -1.47. The van der Waals surface area contributed by atoms with Crippen molar-refractivity contribution in [2.75, 3.05) is 13.2 Å². The van der Waals surface area contributed by atoms with E-state index < -0.39 is 12.2 Å². The third-order valence-electron chi connectivity index (χ3n) is 5.55. The molecule has 0 bridgehead atoms. The highest BCUT2D eigenvalue weighted by Gasteiger charge is 2.37. The third-order valence-corrected chi connectivity index (χ3v) is 5.55. The van der Waals surface area contributed by atoms with Crippen molar-refractivity contribution < 1.29 is 20.0 Å². The summed E-state index contributed by atoms with van der Waals surface area (Å²) in [5, 5.41) is 27.3. The number of hydrogen-bond acceptors (Lipinski definition) is 4. The molecule has 5 rings (SSSR count). The first-order valence-corrected chi connectivity index (χ1v) is 9.17. The van der Waals surface area contributed by atoms with Crippen molar-refractivity contribution in [2.24, 2.45) is 5.92 Å². The van der Waals surface area contributed by atoms with Crippen LogP contribution in [0.4, 0.5) is 0 Å². The molecule has 0 spiro atoms. The molecule has 1 heterocycles. The number of fused-ring (bicyclic) bond motifs is 4. The predicted molar refractivity (Wildman–Crippen MR) is 105 cm³/mol. The highest BCUT2D eigenvalue weighted by molar-refractivity contribution is 6.13. The lowest BCUT2D eigenvalue weighted by Crippen LogP contribution is -2.28. The molecule has 0 radical (unpaired) electrons. The summed E-state index contributed by atoms with van der Waals surface area (Å²) in [7, 11) is 0. The predicted octanol–water partition coefficient (Wildman–Crippen LogP) is 4.12. The Balaban J connectivity index is 1.76. The molecule has 1 saturated heterocycles. The van der Waals surface area contributed by atoms with Crippen molar-refractivity contribution in [3.63, 3.8) is 0 Å². The molecule has 1 aliphatic rings. The summed E-state index contributed by atoms with van der Waals surface area (Å²) in [6, 6.07) is 22.8. The molecule has 4 aromatic carbocycles. The van der Waals surface area contributed by atoms with Crippen molar-refractivity contribution >= 4 is 32.3 Å². The zero-order valence-electron chi connectivity index (χ0n) is 14.7. The smallest absolute Gasteiger partial charge is 0.130 e. The Bertz CT molecular complexity index is 1140. The van der Waals surface area contributed by atoms with Crippen molar-refractivity contribution in [3.05, 3.63) is 72.3 Å². The van der Waals surface area contributed by atoms with Crippen LogP contribution in [0.2, 0.25) is 0 Å². The van der Waals surface area contributed by atoms with Crippen molar-refractivity contribution in [1.29, 1.82) is 0 Å². The van der Waals surface area contributed by atoms with E-state index in [1.165, 1.54) is 5.39 Å². The normalized spacial score (nSPS) is 21.3. The molecule has 2 N–H and O–H groups in total. The summed E-state index contributed by atoms with van der Waals surface area (Å²) >= 11 is 0. The largest absolute Gasteiger partial charge is 0.396 e. The van der Waals surface area contributed by atoms with E-state index in [2.05, 4.69) is 42.5 Å². The van der Waals surface area contributed by atoms with Gasteiger partial charge in [0.05, 0.1) is 13.2 Å². The second kappa shape index (κ2) is 6.59. The lowest BCUT2D eigenvalue weighted by atomic mass is 9.89. The van der Waals surface area contributed by atoms with Gasteiger partial charge in [-0.05, 0) is 50.0 Å². The van der Waals surface area contributed by atoms with Gasteiger partial charge in [-0.2, -0.15) is 0 Å². The van der Waals surface area contributed by atoms with Gasteiger partial charge in [0.1, 0.15) is 12.2 Å². The lowest BCUT2D eigenvalue weighted by molar-refractivity contribution is -0.289. The summed E-state index contributed by atoms with van der Waals surface area (Å²) in [5.74, 6) is -0.244. The Labute approximate surface area is 156 Å². The summed E-state index contributed by atoms with van der Waals surface area (Å²) in [4.78, 5) is 10.3. The van der Waals surface area contributed by atoms with E-state index in [-0.39, 0.29) is 19.1 Å². The highest BCUT2D eigenvalue weighted by atomic mass is 17.2. The Hall–Kier alpha value is -2.50. The zero-order chi connectivity index (χ0) is 18.4. The van der Waals surface area contributed by atoms with Gasteiger partial charge < -0.3 is 10.2 Å². The summed E-state index contributed by atoms with van der Waals surface area (Å²) in [6.45, 7) is 0.201. The average molecular weight is 360 g/mol. The van der Waals surface area contributed by atoms with Gasteiger partial charge in [0.2, 0.25) is 0 Å². The van der Waals surface area contributed by atoms with Crippen molar-refractivity contribution in [2.45, 2.75) is 12.2 Å². The third kappa shape index (κ3) is 2.69. The van der Waals surface area contributed by atoms with Crippen LogP contribution in [0, 0.1) is 5.92 Å². The molecule has 136 valence electrons. The van der Waals surface area contributed by atoms with E-state index >= 15 is 0 Å². The molecule has 3 unspecified atom stereocenters. The molecule has 27 heavy (non-hydrogen) atoms. The molecule has 4 heteroatoms. The van der Waals surface area contributed by atoms with Crippen LogP contribution in [0.3, 0.4) is 0 Å². The van der Waals surface area contributed by atoms with Gasteiger partial charge in [-0.15, -0.1) is 0 Å². The van der Waals surface area contributed by atoms with E-state index in [0.717, 1.165) is 32.5 Å². The van der Waals surface area contributed by atoms with Crippen LogP contribution >= 0.6 is 0 Å². The molecular formula is C23H20O4. The minimum absolute atomic E-state index is 0.0854. The minimum atomic E-state index is -0.884. The zero-order valence-corrected chi connectivity index (χ0v) is 14.7. The molecule has 3 atom stereocenters. The molecule has 1 fully saturated rings. The monoisotopic (exact) mass is 360 g/mol. The first-order valence-electron chi connectivity index (χ1n) is 9.17. The van der Waals surface area contributed by atoms with Gasteiger partial charge in [0.25, 0.3) is 0 Å². The molecular weight excluding hydrogens is 340 g/mol. The Morgan fingerprint density at radius 1 is 0.889 bits per heavy atom. The van der Waals surface area contributed by atoms with E-state index in [4.69, 9.17) is 9.78 Å². The maximum Gasteiger partial charge on any atom is 0.130 e. The molecule has 1 aliphatic heterocycles. The lowest BCUT2D eigenvalue weighted by Gasteiger charge is -2.22. The highest BCUT2D eigenvalue weighted by Crippen LogP contribution is 2.37. The summed E-state index contributed by atoms with van der Waals surface area (Å²) in [5.41, 5.74) is 0.794.